The molecule has 3 N–H and O–H groups in total. The average molecular weight is 317 g/mol. The number of aryl methyl sites for hydroxylation is 1. The number of primary sulfonamides is 1. The van der Waals surface area contributed by atoms with E-state index >= 15 is 0 Å². The first-order valence-electron chi connectivity index (χ1n) is 5.82. The van der Waals surface area contributed by atoms with Crippen molar-refractivity contribution in [1.82, 2.24) is 5.32 Å². The maximum atomic E-state index is 11.5. The van der Waals surface area contributed by atoms with Crippen LogP contribution in [0.4, 0.5) is 5.69 Å². The molecule has 0 saturated heterocycles. The number of benzene rings is 1. The molecule has 1 rings (SSSR count). The lowest BCUT2D eigenvalue weighted by molar-refractivity contribution is -0.385. The Morgan fingerprint density at radius 3 is 2.57 bits per heavy atom. The lowest BCUT2D eigenvalue weighted by Crippen LogP contribution is -2.21. The summed E-state index contributed by atoms with van der Waals surface area (Å²) >= 11 is 0. The van der Waals surface area contributed by atoms with Crippen molar-refractivity contribution < 1.29 is 22.9 Å². The number of nitro benzene ring substituents is 1. The van der Waals surface area contributed by atoms with Gasteiger partial charge in [-0.2, -0.15) is 0 Å². The lowest BCUT2D eigenvalue weighted by atomic mass is 10.2. The molecule has 0 heterocycles. The summed E-state index contributed by atoms with van der Waals surface area (Å²) in [6.45, 7) is 1.37. The zero-order valence-corrected chi connectivity index (χ0v) is 12.3. The Balaban J connectivity index is 3.18. The Bertz CT molecular complexity index is 671. The van der Waals surface area contributed by atoms with Crippen molar-refractivity contribution in [3.63, 3.8) is 0 Å². The molecule has 10 heteroatoms. The third-order valence-electron chi connectivity index (χ3n) is 2.60. The zero-order chi connectivity index (χ0) is 16.2. The molecule has 21 heavy (non-hydrogen) atoms. The molecule has 1 amide bonds. The summed E-state index contributed by atoms with van der Waals surface area (Å²) in [6, 6.07) is 2.00. The van der Waals surface area contributed by atoms with E-state index in [1.165, 1.54) is 20.0 Å². The second kappa shape index (κ2) is 6.50. The third kappa shape index (κ3) is 4.39. The molecule has 0 saturated carbocycles. The van der Waals surface area contributed by atoms with Crippen LogP contribution in [0.5, 0.6) is 5.75 Å². The zero-order valence-electron chi connectivity index (χ0n) is 11.5. The van der Waals surface area contributed by atoms with Crippen LogP contribution in [-0.4, -0.2) is 32.9 Å². The molecule has 0 aromatic heterocycles. The SMILES string of the molecule is CNC(=O)CCOc1c(C)cc([N+](=O)[O-])cc1S(N)(=O)=O. The van der Waals surface area contributed by atoms with Crippen LogP contribution in [0.1, 0.15) is 12.0 Å². The number of nitro groups is 1. The van der Waals surface area contributed by atoms with E-state index in [-0.39, 0.29) is 30.2 Å². The fourth-order valence-corrected chi connectivity index (χ4v) is 2.36. The minimum absolute atomic E-state index is 0.0109. The van der Waals surface area contributed by atoms with Gasteiger partial charge < -0.3 is 10.1 Å². The molecule has 0 unspecified atom stereocenters. The number of nitrogens with one attached hydrogen (secondary N) is 1. The summed E-state index contributed by atoms with van der Waals surface area (Å²) in [6.07, 6.45) is 0.0109. The first-order valence-corrected chi connectivity index (χ1v) is 7.36. The number of nitrogens with zero attached hydrogens (tertiary/aromatic N) is 1. The Morgan fingerprint density at radius 1 is 1.48 bits per heavy atom. The first kappa shape index (κ1) is 16.9. The Labute approximate surface area is 121 Å². The normalized spacial score (nSPS) is 11.0. The predicted molar refractivity (Wildman–Crippen MR) is 73.4 cm³/mol. The second-order valence-corrected chi connectivity index (χ2v) is 5.69. The molecule has 0 aliphatic carbocycles. The van der Waals surface area contributed by atoms with Gasteiger partial charge in [0.25, 0.3) is 5.69 Å². The molecule has 0 aliphatic rings. The molecular formula is C11H15N3O6S. The number of sulfonamides is 1. The quantitative estimate of drug-likeness (QED) is 0.561. The summed E-state index contributed by atoms with van der Waals surface area (Å²) in [5.41, 5.74) is -0.166. The molecule has 0 atom stereocenters. The summed E-state index contributed by atoms with van der Waals surface area (Å²) in [5.74, 6) is -0.376. The number of hydrogen-bond acceptors (Lipinski definition) is 6. The van der Waals surface area contributed by atoms with Crippen molar-refractivity contribution in [2.24, 2.45) is 5.14 Å². The highest BCUT2D eigenvalue weighted by Crippen LogP contribution is 2.31. The standard InChI is InChI=1S/C11H15N3O6S/c1-7-5-8(14(16)17)6-9(21(12,18)19)11(7)20-4-3-10(15)13-2/h5-6H,3-4H2,1-2H3,(H,13,15)(H2,12,18,19). The number of nitrogens with two attached hydrogens (primary N) is 1. The molecule has 0 bridgehead atoms. The van der Waals surface area contributed by atoms with Crippen LogP contribution >= 0.6 is 0 Å². The van der Waals surface area contributed by atoms with Crippen LogP contribution in [0, 0.1) is 17.0 Å². The van der Waals surface area contributed by atoms with Crippen LogP contribution in [0.25, 0.3) is 0 Å². The van der Waals surface area contributed by atoms with Crippen LogP contribution in [-0.2, 0) is 14.8 Å². The highest BCUT2D eigenvalue weighted by atomic mass is 32.2. The highest BCUT2D eigenvalue weighted by Gasteiger charge is 2.23. The monoisotopic (exact) mass is 317 g/mol. The van der Waals surface area contributed by atoms with Crippen LogP contribution in [0.2, 0.25) is 0 Å². The summed E-state index contributed by atoms with van der Waals surface area (Å²) in [5, 5.41) is 18.2. The maximum absolute atomic E-state index is 11.5. The van der Waals surface area contributed by atoms with Crippen molar-refractivity contribution in [3.8, 4) is 5.75 Å². The van der Waals surface area contributed by atoms with E-state index in [4.69, 9.17) is 9.88 Å². The van der Waals surface area contributed by atoms with Gasteiger partial charge in [-0.15, -0.1) is 0 Å². The maximum Gasteiger partial charge on any atom is 0.271 e. The van der Waals surface area contributed by atoms with E-state index in [9.17, 15) is 23.3 Å². The van der Waals surface area contributed by atoms with E-state index in [0.29, 0.717) is 0 Å². The second-order valence-electron chi connectivity index (χ2n) is 4.16. The molecule has 116 valence electrons. The molecule has 0 radical (unpaired) electrons. The van der Waals surface area contributed by atoms with Gasteiger partial charge in [0.1, 0.15) is 10.6 Å². The number of ether oxygens (including phenoxy) is 1. The van der Waals surface area contributed by atoms with Gasteiger partial charge in [0.15, 0.2) is 0 Å². The van der Waals surface area contributed by atoms with E-state index in [2.05, 4.69) is 5.32 Å². The van der Waals surface area contributed by atoms with Gasteiger partial charge in [-0.1, -0.05) is 0 Å². The molecule has 1 aromatic carbocycles. The number of rotatable bonds is 6. The third-order valence-corrected chi connectivity index (χ3v) is 3.51. The summed E-state index contributed by atoms with van der Waals surface area (Å²) in [4.78, 5) is 20.6. The van der Waals surface area contributed by atoms with E-state index < -0.39 is 25.5 Å². The minimum Gasteiger partial charge on any atom is -0.491 e. The van der Waals surface area contributed by atoms with Crippen LogP contribution in [0.3, 0.4) is 0 Å². The fraction of sp³-hybridized carbons (Fsp3) is 0.364. The van der Waals surface area contributed by atoms with Crippen molar-refractivity contribution in [3.05, 3.63) is 27.8 Å². The summed E-state index contributed by atoms with van der Waals surface area (Å²) in [7, 11) is -2.74. The molecule has 0 fully saturated rings. The van der Waals surface area contributed by atoms with E-state index in [0.717, 1.165) is 6.07 Å². The largest absolute Gasteiger partial charge is 0.491 e. The minimum atomic E-state index is -4.20. The fourth-order valence-electron chi connectivity index (χ4n) is 1.60. The molecule has 9 nitrogen and oxygen atoms in total. The number of amides is 1. The number of hydrogen-bond donors (Lipinski definition) is 2. The molecule has 0 spiro atoms. The van der Waals surface area contributed by atoms with Gasteiger partial charge >= 0.3 is 0 Å². The van der Waals surface area contributed by atoms with Crippen molar-refractivity contribution >= 4 is 21.6 Å². The number of carbonyl (C=O) groups is 1. The Morgan fingerprint density at radius 2 is 2.10 bits per heavy atom. The first-order chi connectivity index (χ1) is 9.66. The summed E-state index contributed by atoms with van der Waals surface area (Å²) < 4.78 is 28.3. The van der Waals surface area contributed by atoms with Gasteiger partial charge in [0.05, 0.1) is 18.0 Å². The van der Waals surface area contributed by atoms with Gasteiger partial charge in [0, 0.05) is 19.2 Å². The molecular weight excluding hydrogens is 302 g/mol. The van der Waals surface area contributed by atoms with Crippen LogP contribution < -0.4 is 15.2 Å². The predicted octanol–water partition coefficient (Wildman–Crippen LogP) is 0.0655. The van der Waals surface area contributed by atoms with Crippen molar-refractivity contribution in [2.75, 3.05) is 13.7 Å². The van der Waals surface area contributed by atoms with E-state index in [1.54, 1.807) is 0 Å². The highest BCUT2D eigenvalue weighted by molar-refractivity contribution is 7.89. The Hall–Kier alpha value is -2.20. The number of carbonyl (C=O) groups excluding carboxylic acids is 1. The molecule has 0 aliphatic heterocycles. The molecule has 1 aromatic rings. The van der Waals surface area contributed by atoms with Gasteiger partial charge in [-0.3, -0.25) is 14.9 Å². The van der Waals surface area contributed by atoms with Crippen molar-refractivity contribution in [1.29, 1.82) is 0 Å². The van der Waals surface area contributed by atoms with Crippen molar-refractivity contribution in [2.45, 2.75) is 18.2 Å². The van der Waals surface area contributed by atoms with Gasteiger partial charge in [-0.05, 0) is 12.5 Å². The lowest BCUT2D eigenvalue weighted by Gasteiger charge is -2.12. The smallest absolute Gasteiger partial charge is 0.271 e. The van der Waals surface area contributed by atoms with Gasteiger partial charge in [-0.25, -0.2) is 13.6 Å². The topological polar surface area (TPSA) is 142 Å². The Kier molecular flexibility index (Phi) is 5.22. The van der Waals surface area contributed by atoms with Gasteiger partial charge in [0.2, 0.25) is 15.9 Å². The van der Waals surface area contributed by atoms with Crippen LogP contribution in [0.15, 0.2) is 17.0 Å². The number of non-ortho nitro benzene ring substituents is 1. The van der Waals surface area contributed by atoms with E-state index in [1.807, 2.05) is 0 Å². The average Bonchev–Trinajstić information content (AvgIpc) is 2.38.